The first-order chi connectivity index (χ1) is 22.4. The molecule has 45 heavy (non-hydrogen) atoms. The average molecular weight is 710 g/mol. The van der Waals surface area contributed by atoms with Crippen molar-refractivity contribution in [3.63, 3.8) is 0 Å². The van der Waals surface area contributed by atoms with Crippen molar-refractivity contribution in [3.05, 3.63) is 212 Å². The minimum atomic E-state index is -2.80. The molecule has 0 aliphatic carbocycles. The maximum absolute atomic E-state index is 2.80. The Balaban J connectivity index is 1.77. The predicted molar refractivity (Wildman–Crippen MR) is 199 cm³/mol. The monoisotopic (exact) mass is 709 g/mol. The van der Waals surface area contributed by atoms with Crippen LogP contribution in [0.15, 0.2) is 212 Å². The van der Waals surface area contributed by atoms with Crippen LogP contribution in [0.3, 0.4) is 0 Å². The van der Waals surface area contributed by atoms with E-state index in [2.05, 4.69) is 212 Å². The van der Waals surface area contributed by atoms with Gasteiger partial charge < -0.3 is 0 Å². The molecule has 0 saturated carbocycles. The molecule has 0 amide bonds. The molecule has 0 radical (unpaired) electrons. The molecule has 0 aromatic heterocycles. The van der Waals surface area contributed by atoms with E-state index in [9.17, 15) is 0 Å². The molecule has 0 spiro atoms. The number of hydrogen-bond donors (Lipinski definition) is 0. The van der Waals surface area contributed by atoms with Gasteiger partial charge in [-0.1, -0.05) is 0 Å². The van der Waals surface area contributed by atoms with Gasteiger partial charge in [-0.3, -0.25) is 0 Å². The zero-order valence-corrected chi connectivity index (χ0v) is 28.6. The summed E-state index contributed by atoms with van der Waals surface area (Å²) in [5.41, 5.74) is -5.60. The Hall–Kier alpha value is -3.94. The third kappa shape index (κ3) is 5.36. The molecule has 0 fully saturated rings. The second-order valence-electron chi connectivity index (χ2n) is 10.9. The number of hydrogen-bond acceptors (Lipinski definition) is 0. The van der Waals surface area contributed by atoms with Gasteiger partial charge in [-0.15, -0.1) is 0 Å². The summed E-state index contributed by atoms with van der Waals surface area (Å²) in [5.74, 6) is 0. The quantitative estimate of drug-likeness (QED) is 0.110. The van der Waals surface area contributed by atoms with Gasteiger partial charge in [-0.25, -0.2) is 0 Å². The van der Waals surface area contributed by atoms with Crippen molar-refractivity contribution in [2.75, 3.05) is 0 Å². The van der Waals surface area contributed by atoms with Gasteiger partial charge in [0.15, 0.2) is 0 Å². The minimum absolute atomic E-state index is 1.48. The SMILES string of the molecule is c1cc[c]([Pd]([PH](c2ccccc2)(c2ccccc2)c2ccccc2)[PH](c2ccccc2)(c2ccccc2)c2ccccc2)cc1. The summed E-state index contributed by atoms with van der Waals surface area (Å²) in [5, 5.41) is 8.87. The van der Waals surface area contributed by atoms with Crippen molar-refractivity contribution < 1.29 is 15.8 Å². The van der Waals surface area contributed by atoms with Crippen LogP contribution in [0.4, 0.5) is 0 Å². The van der Waals surface area contributed by atoms with E-state index in [0.29, 0.717) is 0 Å². The third-order valence-corrected chi connectivity index (χ3v) is 42.9. The van der Waals surface area contributed by atoms with E-state index in [1.165, 1.54) is 35.9 Å². The van der Waals surface area contributed by atoms with E-state index in [0.717, 1.165) is 0 Å². The zero-order valence-electron chi connectivity index (χ0n) is 25.0. The van der Waals surface area contributed by atoms with Gasteiger partial charge in [0.05, 0.1) is 0 Å². The molecule has 0 atom stereocenters. The van der Waals surface area contributed by atoms with E-state index in [1.54, 1.807) is 0 Å². The van der Waals surface area contributed by atoms with E-state index >= 15 is 0 Å². The van der Waals surface area contributed by atoms with E-state index in [1.807, 2.05) is 0 Å². The van der Waals surface area contributed by atoms with Crippen LogP contribution in [-0.2, 0) is 15.8 Å². The van der Waals surface area contributed by atoms with Gasteiger partial charge in [0.2, 0.25) is 0 Å². The molecule has 7 aromatic rings. The van der Waals surface area contributed by atoms with E-state index < -0.39 is 26.7 Å². The van der Waals surface area contributed by atoms with Crippen LogP contribution in [-0.4, -0.2) is 0 Å². The fourth-order valence-corrected chi connectivity index (χ4v) is 51.7. The summed E-state index contributed by atoms with van der Waals surface area (Å²) in [6, 6.07) is 80.9. The molecule has 0 N–H and O–H groups in total. The van der Waals surface area contributed by atoms with Crippen molar-refractivity contribution in [2.45, 2.75) is 0 Å². The molecule has 3 heteroatoms. The number of rotatable bonds is 9. The Morgan fingerprint density at radius 3 is 0.600 bits per heavy atom. The Morgan fingerprint density at radius 1 is 0.222 bits per heavy atom. The van der Waals surface area contributed by atoms with E-state index in [-0.39, 0.29) is 0 Å². The molecule has 7 rings (SSSR count). The van der Waals surface area contributed by atoms with Crippen LogP contribution < -0.4 is 35.9 Å². The normalized spacial score (nSPS) is 12.7. The number of benzene rings is 7. The molecule has 225 valence electrons. The predicted octanol–water partition coefficient (Wildman–Crippen LogP) is 7.21. The van der Waals surface area contributed by atoms with Crippen LogP contribution in [0.2, 0.25) is 0 Å². The van der Waals surface area contributed by atoms with E-state index in [4.69, 9.17) is 0 Å². The molecule has 0 aliphatic rings. The average Bonchev–Trinajstić information content (AvgIpc) is 3.14. The van der Waals surface area contributed by atoms with Gasteiger partial charge in [0, 0.05) is 0 Å². The van der Waals surface area contributed by atoms with Crippen molar-refractivity contribution in [1.29, 1.82) is 0 Å². The molecular formula is C42H37P2Pd. The molecule has 0 unspecified atom stereocenters. The van der Waals surface area contributed by atoms with Crippen molar-refractivity contribution >= 4 is 46.8 Å². The van der Waals surface area contributed by atoms with Crippen molar-refractivity contribution in [3.8, 4) is 0 Å². The molecule has 0 saturated heterocycles. The van der Waals surface area contributed by atoms with Gasteiger partial charge in [-0.05, 0) is 0 Å². The Morgan fingerprint density at radius 2 is 0.400 bits per heavy atom. The van der Waals surface area contributed by atoms with Crippen LogP contribution in [0.1, 0.15) is 0 Å². The van der Waals surface area contributed by atoms with Gasteiger partial charge in [0.25, 0.3) is 0 Å². The maximum atomic E-state index is 2.45. The van der Waals surface area contributed by atoms with Gasteiger partial charge >= 0.3 is 275 Å². The summed E-state index contributed by atoms with van der Waals surface area (Å²) < 4.78 is 1.51. The van der Waals surface area contributed by atoms with Crippen molar-refractivity contribution in [1.82, 2.24) is 0 Å². The molecule has 0 aliphatic heterocycles. The molecule has 0 bridgehead atoms. The Kier molecular flexibility index (Phi) is 8.99. The molecule has 0 heterocycles. The third-order valence-electron chi connectivity index (χ3n) is 8.29. The second-order valence-corrected chi connectivity index (χ2v) is 31.5. The Bertz CT molecular complexity index is 1600. The summed E-state index contributed by atoms with van der Waals surface area (Å²) in [4.78, 5) is 0. The molecule has 7 aromatic carbocycles. The molecular weight excluding hydrogens is 673 g/mol. The first kappa shape index (κ1) is 29.8. The summed E-state index contributed by atoms with van der Waals surface area (Å²) in [7, 11) is 0. The van der Waals surface area contributed by atoms with Crippen LogP contribution in [0.5, 0.6) is 0 Å². The van der Waals surface area contributed by atoms with Crippen LogP contribution in [0, 0.1) is 0 Å². The summed E-state index contributed by atoms with van der Waals surface area (Å²) >= 11 is -1.80. The van der Waals surface area contributed by atoms with Gasteiger partial charge in [-0.2, -0.15) is 0 Å². The first-order valence-electron chi connectivity index (χ1n) is 15.3. The van der Waals surface area contributed by atoms with Crippen molar-refractivity contribution in [2.24, 2.45) is 0 Å². The summed E-state index contributed by atoms with van der Waals surface area (Å²) in [6.45, 7) is 0. The van der Waals surface area contributed by atoms with Gasteiger partial charge in [0.1, 0.15) is 0 Å². The molecule has 0 nitrogen and oxygen atoms in total. The fraction of sp³-hybridized carbons (Fsp3) is 0. The summed E-state index contributed by atoms with van der Waals surface area (Å²) in [6.07, 6.45) is 0. The second kappa shape index (κ2) is 13.6. The van der Waals surface area contributed by atoms with Crippen LogP contribution >= 0.6 is 10.9 Å². The topological polar surface area (TPSA) is 0 Å². The fourth-order valence-electron chi connectivity index (χ4n) is 6.45. The standard InChI is InChI=1S/2C18H15P.C6H5.Pd/c2*1-4-10-16(11-5-1)19(17-12-6-2-7-13-17)18-14-8-3-9-15-18;1-2-4-6-5-3-1;/h2*1-15H;1-5H;/q;;;-2/p+2. The first-order valence-corrected chi connectivity index (χ1v) is 24.4. The Labute approximate surface area is 273 Å². The van der Waals surface area contributed by atoms with Crippen LogP contribution in [0.25, 0.3) is 0 Å². The zero-order chi connectivity index (χ0) is 30.4.